The molecule has 0 saturated carbocycles. The van der Waals surface area contributed by atoms with Crippen molar-refractivity contribution in [3.05, 3.63) is 0 Å². The lowest BCUT2D eigenvalue weighted by molar-refractivity contribution is 0.328. The predicted octanol–water partition coefficient (Wildman–Crippen LogP) is 1.67. The van der Waals surface area contributed by atoms with E-state index in [1.807, 2.05) is 11.8 Å². The summed E-state index contributed by atoms with van der Waals surface area (Å²) in [6.45, 7) is 7.86. The van der Waals surface area contributed by atoms with E-state index in [4.69, 9.17) is 0 Å². The van der Waals surface area contributed by atoms with Gasteiger partial charge in [0.05, 0.1) is 0 Å². The molecule has 2 nitrogen and oxygen atoms in total. The van der Waals surface area contributed by atoms with Gasteiger partial charge in [0, 0.05) is 19.1 Å². The van der Waals surface area contributed by atoms with Crippen molar-refractivity contribution in [3.63, 3.8) is 0 Å². The lowest BCUT2D eigenvalue weighted by atomic mass is 10.4. The van der Waals surface area contributed by atoms with Crippen LogP contribution in [0, 0.1) is 0 Å². The largest absolute Gasteiger partial charge is 0.313 e. The SMILES string of the molecule is CSCCCN(C)CCNC(C)C. The summed E-state index contributed by atoms with van der Waals surface area (Å²) >= 11 is 1.93. The van der Waals surface area contributed by atoms with Crippen LogP contribution < -0.4 is 5.32 Å². The molecule has 0 aromatic carbocycles. The van der Waals surface area contributed by atoms with Gasteiger partial charge < -0.3 is 10.2 Å². The van der Waals surface area contributed by atoms with E-state index in [9.17, 15) is 0 Å². The Hall–Kier alpha value is 0.270. The van der Waals surface area contributed by atoms with E-state index in [0.717, 1.165) is 13.1 Å². The molecule has 0 aromatic heterocycles. The molecule has 0 radical (unpaired) electrons. The van der Waals surface area contributed by atoms with Gasteiger partial charge in [0.25, 0.3) is 0 Å². The molecule has 0 spiro atoms. The van der Waals surface area contributed by atoms with Gasteiger partial charge in [-0.1, -0.05) is 13.8 Å². The zero-order valence-corrected chi connectivity index (χ0v) is 10.3. The Labute approximate surface area is 87.5 Å². The normalized spacial score (nSPS) is 11.5. The third-order valence-corrected chi connectivity index (χ3v) is 2.63. The first-order valence-corrected chi connectivity index (χ1v) is 6.47. The van der Waals surface area contributed by atoms with E-state index in [0.29, 0.717) is 6.04 Å². The molecular formula is C10H24N2S. The van der Waals surface area contributed by atoms with Gasteiger partial charge in [-0.05, 0) is 32.0 Å². The maximum atomic E-state index is 3.42. The number of hydrogen-bond donors (Lipinski definition) is 1. The fraction of sp³-hybridized carbons (Fsp3) is 1.00. The van der Waals surface area contributed by atoms with Crippen LogP contribution in [0.2, 0.25) is 0 Å². The van der Waals surface area contributed by atoms with E-state index in [-0.39, 0.29) is 0 Å². The second-order valence-electron chi connectivity index (χ2n) is 3.76. The zero-order valence-electron chi connectivity index (χ0n) is 9.47. The van der Waals surface area contributed by atoms with Crippen molar-refractivity contribution < 1.29 is 0 Å². The third kappa shape index (κ3) is 10.2. The van der Waals surface area contributed by atoms with Gasteiger partial charge in [-0.25, -0.2) is 0 Å². The predicted molar refractivity (Wildman–Crippen MR) is 63.6 cm³/mol. The minimum atomic E-state index is 0.611. The number of nitrogens with one attached hydrogen (secondary N) is 1. The van der Waals surface area contributed by atoms with Crippen LogP contribution in [0.1, 0.15) is 20.3 Å². The molecule has 1 N–H and O–H groups in total. The van der Waals surface area contributed by atoms with E-state index in [1.165, 1.54) is 18.7 Å². The second kappa shape index (κ2) is 8.85. The minimum absolute atomic E-state index is 0.611. The smallest absolute Gasteiger partial charge is 0.0104 e. The first-order valence-electron chi connectivity index (χ1n) is 5.07. The molecule has 0 aliphatic carbocycles. The molecule has 0 rings (SSSR count). The molecule has 0 heterocycles. The second-order valence-corrected chi connectivity index (χ2v) is 4.74. The number of nitrogens with zero attached hydrogens (tertiary/aromatic N) is 1. The summed E-state index contributed by atoms with van der Waals surface area (Å²) in [5.41, 5.74) is 0. The highest BCUT2D eigenvalue weighted by Gasteiger charge is 1.97. The van der Waals surface area contributed by atoms with Crippen molar-refractivity contribution >= 4 is 11.8 Å². The Kier molecular flexibility index (Phi) is 9.03. The summed E-state index contributed by atoms with van der Waals surface area (Å²) < 4.78 is 0. The lowest BCUT2D eigenvalue weighted by Gasteiger charge is -2.17. The van der Waals surface area contributed by atoms with Gasteiger partial charge in [-0.3, -0.25) is 0 Å². The summed E-state index contributed by atoms with van der Waals surface area (Å²) in [7, 11) is 2.20. The average molecular weight is 204 g/mol. The highest BCUT2D eigenvalue weighted by atomic mass is 32.2. The molecule has 0 unspecified atom stereocenters. The van der Waals surface area contributed by atoms with E-state index in [1.54, 1.807) is 0 Å². The summed E-state index contributed by atoms with van der Waals surface area (Å²) in [4.78, 5) is 2.39. The Bertz CT molecular complexity index is 107. The zero-order chi connectivity index (χ0) is 10.1. The monoisotopic (exact) mass is 204 g/mol. The molecule has 0 amide bonds. The van der Waals surface area contributed by atoms with Crippen LogP contribution in [-0.2, 0) is 0 Å². The van der Waals surface area contributed by atoms with Gasteiger partial charge in [-0.2, -0.15) is 11.8 Å². The molecule has 0 aromatic rings. The van der Waals surface area contributed by atoms with Gasteiger partial charge >= 0.3 is 0 Å². The van der Waals surface area contributed by atoms with Crippen molar-refractivity contribution in [2.24, 2.45) is 0 Å². The molecule has 13 heavy (non-hydrogen) atoms. The van der Waals surface area contributed by atoms with Crippen LogP contribution in [0.4, 0.5) is 0 Å². The van der Waals surface area contributed by atoms with E-state index < -0.39 is 0 Å². The van der Waals surface area contributed by atoms with Crippen LogP contribution in [0.5, 0.6) is 0 Å². The average Bonchev–Trinajstić information content (AvgIpc) is 2.04. The van der Waals surface area contributed by atoms with Gasteiger partial charge in [0.2, 0.25) is 0 Å². The minimum Gasteiger partial charge on any atom is -0.313 e. The Morgan fingerprint density at radius 1 is 1.31 bits per heavy atom. The van der Waals surface area contributed by atoms with Crippen LogP contribution in [-0.4, -0.2) is 49.6 Å². The number of rotatable bonds is 8. The summed E-state index contributed by atoms with van der Waals surface area (Å²) in [5, 5.41) is 3.42. The van der Waals surface area contributed by atoms with Crippen LogP contribution in [0.3, 0.4) is 0 Å². The topological polar surface area (TPSA) is 15.3 Å². The number of thioether (sulfide) groups is 1. The molecule has 80 valence electrons. The van der Waals surface area contributed by atoms with Crippen molar-refractivity contribution in [1.82, 2.24) is 10.2 Å². The maximum absolute atomic E-state index is 3.42. The lowest BCUT2D eigenvalue weighted by Crippen LogP contribution is -2.33. The molecule has 0 bridgehead atoms. The fourth-order valence-electron chi connectivity index (χ4n) is 1.13. The van der Waals surface area contributed by atoms with Gasteiger partial charge in [0.1, 0.15) is 0 Å². The number of hydrogen-bond acceptors (Lipinski definition) is 3. The highest BCUT2D eigenvalue weighted by Crippen LogP contribution is 1.96. The van der Waals surface area contributed by atoms with E-state index >= 15 is 0 Å². The first-order chi connectivity index (χ1) is 6.16. The van der Waals surface area contributed by atoms with Crippen molar-refractivity contribution in [2.75, 3.05) is 38.7 Å². The van der Waals surface area contributed by atoms with Crippen molar-refractivity contribution in [1.29, 1.82) is 0 Å². The molecule has 3 heteroatoms. The quantitative estimate of drug-likeness (QED) is 0.606. The third-order valence-electron chi connectivity index (χ3n) is 1.93. The summed E-state index contributed by atoms with van der Waals surface area (Å²) in [6, 6.07) is 0.611. The molecule has 0 fully saturated rings. The van der Waals surface area contributed by atoms with Crippen molar-refractivity contribution in [2.45, 2.75) is 26.3 Å². The molecule has 0 aliphatic rings. The molecule has 0 atom stereocenters. The summed E-state index contributed by atoms with van der Waals surface area (Å²) in [6.07, 6.45) is 3.47. The fourth-order valence-corrected chi connectivity index (χ4v) is 1.55. The number of likely N-dealkylation sites (N-methyl/N-ethyl adjacent to an activating group) is 1. The molecule has 0 saturated heterocycles. The molecular weight excluding hydrogens is 180 g/mol. The Balaban J connectivity index is 3.15. The van der Waals surface area contributed by atoms with Crippen LogP contribution in [0.15, 0.2) is 0 Å². The van der Waals surface area contributed by atoms with Gasteiger partial charge in [0.15, 0.2) is 0 Å². The van der Waals surface area contributed by atoms with Gasteiger partial charge in [-0.15, -0.1) is 0 Å². The van der Waals surface area contributed by atoms with E-state index in [2.05, 4.69) is 37.4 Å². The standard InChI is InChI=1S/C10H24N2S/c1-10(2)11-6-8-12(3)7-5-9-13-4/h10-11H,5-9H2,1-4H3. The Morgan fingerprint density at radius 2 is 2.00 bits per heavy atom. The Morgan fingerprint density at radius 3 is 2.54 bits per heavy atom. The summed E-state index contributed by atoms with van der Waals surface area (Å²) in [5.74, 6) is 1.28. The maximum Gasteiger partial charge on any atom is 0.0104 e. The van der Waals surface area contributed by atoms with Crippen LogP contribution >= 0.6 is 11.8 Å². The van der Waals surface area contributed by atoms with Crippen LogP contribution in [0.25, 0.3) is 0 Å². The highest BCUT2D eigenvalue weighted by molar-refractivity contribution is 7.98. The van der Waals surface area contributed by atoms with Crippen molar-refractivity contribution in [3.8, 4) is 0 Å². The first kappa shape index (κ1) is 13.3. The molecule has 0 aliphatic heterocycles.